The summed E-state index contributed by atoms with van der Waals surface area (Å²) in [6.07, 6.45) is 2.15. The summed E-state index contributed by atoms with van der Waals surface area (Å²) in [4.78, 5) is 12.7. The van der Waals surface area contributed by atoms with Crippen LogP contribution in [0.1, 0.15) is 19.8 Å². The molecule has 32 heavy (non-hydrogen) atoms. The lowest BCUT2D eigenvalue weighted by atomic mass is 10.2. The maximum absolute atomic E-state index is 12.7. The van der Waals surface area contributed by atoms with Gasteiger partial charge in [0.2, 0.25) is 12.7 Å². The van der Waals surface area contributed by atoms with E-state index in [1.54, 1.807) is 0 Å². The normalized spacial score (nSPS) is 18.0. The molecule has 0 bridgehead atoms. The monoisotopic (exact) mass is 452 g/mol. The van der Waals surface area contributed by atoms with E-state index in [2.05, 4.69) is 15.5 Å². The van der Waals surface area contributed by atoms with Gasteiger partial charge in [0.15, 0.2) is 22.5 Å². The summed E-state index contributed by atoms with van der Waals surface area (Å²) in [6, 6.07) is 15.6. The van der Waals surface area contributed by atoms with E-state index < -0.39 is 0 Å². The number of hydrogen-bond acceptors (Lipinski definition) is 7. The van der Waals surface area contributed by atoms with Crippen LogP contribution in [0, 0.1) is 0 Å². The van der Waals surface area contributed by atoms with Crippen molar-refractivity contribution in [2.45, 2.75) is 36.3 Å². The van der Waals surface area contributed by atoms with Gasteiger partial charge in [0, 0.05) is 24.4 Å². The van der Waals surface area contributed by atoms with Crippen LogP contribution in [0.3, 0.4) is 0 Å². The van der Waals surface area contributed by atoms with Gasteiger partial charge in [-0.3, -0.25) is 9.36 Å². The topological polar surface area (TPSA) is 87.5 Å². The smallest absolute Gasteiger partial charge is 0.233 e. The summed E-state index contributed by atoms with van der Waals surface area (Å²) in [6.45, 7) is 3.40. The van der Waals surface area contributed by atoms with Gasteiger partial charge in [-0.2, -0.15) is 0 Å². The molecule has 2 atom stereocenters. The highest BCUT2D eigenvalue weighted by molar-refractivity contribution is 8.00. The van der Waals surface area contributed by atoms with Gasteiger partial charge in [0.05, 0.1) is 11.4 Å². The number of aromatic nitrogens is 3. The molecule has 2 aliphatic heterocycles. The van der Waals surface area contributed by atoms with Crippen LogP contribution in [0.25, 0.3) is 17.1 Å². The number of nitrogens with zero attached hydrogens (tertiary/aromatic N) is 3. The van der Waals surface area contributed by atoms with E-state index >= 15 is 0 Å². The minimum atomic E-state index is -0.340. The van der Waals surface area contributed by atoms with E-state index in [-0.39, 0.29) is 24.1 Å². The molecule has 0 aliphatic carbocycles. The molecule has 9 heteroatoms. The van der Waals surface area contributed by atoms with Crippen LogP contribution in [0.4, 0.5) is 0 Å². The summed E-state index contributed by atoms with van der Waals surface area (Å²) >= 11 is 1.38. The van der Waals surface area contributed by atoms with Crippen molar-refractivity contribution in [3.63, 3.8) is 0 Å². The Labute approximate surface area is 190 Å². The molecular formula is C23H24N4O4S. The van der Waals surface area contributed by atoms with Crippen molar-refractivity contribution in [2.75, 3.05) is 19.9 Å². The van der Waals surface area contributed by atoms with Crippen LogP contribution in [-0.2, 0) is 9.53 Å². The molecule has 1 amide bonds. The zero-order valence-corrected chi connectivity index (χ0v) is 18.5. The SMILES string of the molecule is C[C@@H](Sc1nnc(-c2ccc3c(c2)OCO3)n1-c1ccccc1)C(=O)NC[C@H]1CCCO1. The summed E-state index contributed by atoms with van der Waals surface area (Å²) in [5.41, 5.74) is 1.77. The second-order valence-electron chi connectivity index (χ2n) is 7.69. The van der Waals surface area contributed by atoms with Gasteiger partial charge in [0.25, 0.3) is 0 Å². The number of carbonyl (C=O) groups is 1. The minimum absolute atomic E-state index is 0.0438. The number of benzene rings is 2. The Morgan fingerprint density at radius 1 is 1.19 bits per heavy atom. The number of amides is 1. The summed E-state index contributed by atoms with van der Waals surface area (Å²) < 4.78 is 18.5. The van der Waals surface area contributed by atoms with Gasteiger partial charge in [0.1, 0.15) is 0 Å². The first-order valence-electron chi connectivity index (χ1n) is 10.7. The summed E-state index contributed by atoms with van der Waals surface area (Å²) in [5.74, 6) is 2.02. The van der Waals surface area contributed by atoms with Crippen LogP contribution < -0.4 is 14.8 Å². The van der Waals surface area contributed by atoms with Gasteiger partial charge in [-0.25, -0.2) is 0 Å². The lowest BCUT2D eigenvalue weighted by molar-refractivity contribution is -0.120. The molecule has 2 aromatic carbocycles. The van der Waals surface area contributed by atoms with E-state index in [1.165, 1.54) is 11.8 Å². The van der Waals surface area contributed by atoms with E-state index in [1.807, 2.05) is 60.0 Å². The third-order valence-corrected chi connectivity index (χ3v) is 6.50. The standard InChI is InChI=1S/C23H24N4O4S/c1-15(22(28)24-13-18-8-5-11-29-18)32-23-26-25-21(27(23)17-6-3-2-4-7-17)16-9-10-19-20(12-16)31-14-30-19/h2-4,6-7,9-10,12,15,18H,5,8,11,13-14H2,1H3,(H,24,28)/t15-,18-/m1/s1. The Morgan fingerprint density at radius 3 is 2.84 bits per heavy atom. The molecule has 0 radical (unpaired) electrons. The van der Waals surface area contributed by atoms with Crippen LogP contribution >= 0.6 is 11.8 Å². The number of para-hydroxylation sites is 1. The van der Waals surface area contributed by atoms with Crippen molar-refractivity contribution in [1.29, 1.82) is 0 Å². The molecule has 0 spiro atoms. The molecule has 1 aromatic heterocycles. The number of ether oxygens (including phenoxy) is 3. The third kappa shape index (κ3) is 4.31. The van der Waals surface area contributed by atoms with Crippen LogP contribution in [0.15, 0.2) is 53.7 Å². The van der Waals surface area contributed by atoms with E-state index in [0.717, 1.165) is 30.7 Å². The highest BCUT2D eigenvalue weighted by Gasteiger charge is 2.24. The summed E-state index contributed by atoms with van der Waals surface area (Å²) in [5, 5.41) is 12.2. The average molecular weight is 453 g/mol. The zero-order valence-electron chi connectivity index (χ0n) is 17.7. The molecule has 166 valence electrons. The second kappa shape index (κ2) is 9.22. The Kier molecular flexibility index (Phi) is 6.00. The fraction of sp³-hybridized carbons (Fsp3) is 0.348. The molecule has 3 aromatic rings. The molecule has 1 fully saturated rings. The molecule has 3 heterocycles. The van der Waals surface area contributed by atoms with Crippen LogP contribution in [0.5, 0.6) is 11.5 Å². The lowest BCUT2D eigenvalue weighted by Gasteiger charge is -2.15. The number of rotatable bonds is 7. The molecule has 1 N–H and O–H groups in total. The predicted octanol–water partition coefficient (Wildman–Crippen LogP) is 3.44. The largest absolute Gasteiger partial charge is 0.454 e. The molecule has 8 nitrogen and oxygen atoms in total. The number of thioether (sulfide) groups is 1. The first-order chi connectivity index (χ1) is 15.7. The fourth-order valence-electron chi connectivity index (χ4n) is 3.75. The van der Waals surface area contributed by atoms with Gasteiger partial charge in [-0.05, 0) is 50.1 Å². The second-order valence-corrected chi connectivity index (χ2v) is 8.99. The maximum atomic E-state index is 12.7. The van der Waals surface area contributed by atoms with Gasteiger partial charge in [-0.15, -0.1) is 10.2 Å². The number of nitrogens with one attached hydrogen (secondary N) is 1. The van der Waals surface area contributed by atoms with Crippen molar-refractivity contribution < 1.29 is 19.0 Å². The molecule has 1 saturated heterocycles. The van der Waals surface area contributed by atoms with Crippen LogP contribution in [0.2, 0.25) is 0 Å². The fourth-order valence-corrected chi connectivity index (χ4v) is 4.65. The predicted molar refractivity (Wildman–Crippen MR) is 120 cm³/mol. The summed E-state index contributed by atoms with van der Waals surface area (Å²) in [7, 11) is 0. The number of carbonyl (C=O) groups excluding carboxylic acids is 1. The average Bonchev–Trinajstić information content (AvgIpc) is 3.58. The molecule has 5 rings (SSSR count). The Morgan fingerprint density at radius 2 is 2.03 bits per heavy atom. The third-order valence-electron chi connectivity index (χ3n) is 5.46. The Balaban J connectivity index is 1.40. The van der Waals surface area contributed by atoms with E-state index in [0.29, 0.717) is 29.0 Å². The van der Waals surface area contributed by atoms with Gasteiger partial charge in [-0.1, -0.05) is 30.0 Å². The highest BCUT2D eigenvalue weighted by atomic mass is 32.2. The molecule has 0 saturated carbocycles. The quantitative estimate of drug-likeness (QED) is 0.550. The van der Waals surface area contributed by atoms with E-state index in [9.17, 15) is 4.79 Å². The first kappa shape index (κ1) is 20.8. The Hall–Kier alpha value is -3.04. The lowest BCUT2D eigenvalue weighted by Crippen LogP contribution is -2.36. The van der Waals surface area contributed by atoms with E-state index in [4.69, 9.17) is 14.2 Å². The van der Waals surface area contributed by atoms with Crippen molar-refractivity contribution in [3.05, 3.63) is 48.5 Å². The van der Waals surface area contributed by atoms with Crippen molar-refractivity contribution in [3.8, 4) is 28.6 Å². The minimum Gasteiger partial charge on any atom is -0.454 e. The number of hydrogen-bond donors (Lipinski definition) is 1. The zero-order chi connectivity index (χ0) is 21.9. The van der Waals surface area contributed by atoms with Crippen LogP contribution in [-0.4, -0.2) is 52.0 Å². The Bertz CT molecular complexity index is 1100. The van der Waals surface area contributed by atoms with Gasteiger partial charge < -0.3 is 19.5 Å². The van der Waals surface area contributed by atoms with Gasteiger partial charge >= 0.3 is 0 Å². The molecule has 2 aliphatic rings. The van der Waals surface area contributed by atoms with Crippen molar-refractivity contribution >= 4 is 17.7 Å². The van der Waals surface area contributed by atoms with Crippen molar-refractivity contribution in [1.82, 2.24) is 20.1 Å². The first-order valence-corrected chi connectivity index (χ1v) is 11.5. The maximum Gasteiger partial charge on any atom is 0.233 e. The molecule has 0 unspecified atom stereocenters. The number of fused-ring (bicyclic) bond motifs is 1. The van der Waals surface area contributed by atoms with Crippen molar-refractivity contribution in [2.24, 2.45) is 0 Å². The highest BCUT2D eigenvalue weighted by Crippen LogP contribution is 2.37. The molecular weight excluding hydrogens is 428 g/mol.